The van der Waals surface area contributed by atoms with Crippen molar-refractivity contribution in [2.75, 3.05) is 45.5 Å². The van der Waals surface area contributed by atoms with Gasteiger partial charge in [-0.1, -0.05) is 56.1 Å². The van der Waals surface area contributed by atoms with Gasteiger partial charge in [0.15, 0.2) is 0 Å². The molecule has 0 bridgehead atoms. The van der Waals surface area contributed by atoms with Gasteiger partial charge in [-0.3, -0.25) is 19.2 Å². The van der Waals surface area contributed by atoms with Gasteiger partial charge in [-0.05, 0) is 37.0 Å². The maximum Gasteiger partial charge on any atom is 0.273 e. The molecule has 40 heavy (non-hydrogen) atoms. The summed E-state index contributed by atoms with van der Waals surface area (Å²) in [5.74, 6) is -5.28. The number of amides is 4. The van der Waals surface area contributed by atoms with Gasteiger partial charge >= 0.3 is 0 Å². The molecular formula is C27H40F2N6O4S. The molecule has 1 spiro atoms. The number of carbonyl (C=O) groups is 4. The summed E-state index contributed by atoms with van der Waals surface area (Å²) < 4.78 is 31.7. The molecular weight excluding hydrogens is 542 g/mol. The Bertz CT molecular complexity index is 1050. The van der Waals surface area contributed by atoms with Gasteiger partial charge in [-0.2, -0.15) is 0 Å². The molecule has 4 amide bonds. The number of alkyl halides is 2. The zero-order valence-electron chi connectivity index (χ0n) is 23.3. The number of hydrogen-bond acceptors (Lipinski definition) is 7. The average Bonchev–Trinajstić information content (AvgIpc) is 2.88. The SMILES string of the molecule is CSN1CC2(CCN(C(=O)CNC(=O)C(CC(C)C)NC(=O)CNC(=O)C(N)Cc3ccccc3)CC2(F)F)C1. The lowest BCUT2D eigenvalue weighted by Gasteiger charge is -2.56. The third-order valence-corrected chi connectivity index (χ3v) is 8.20. The zero-order chi connectivity index (χ0) is 29.5. The van der Waals surface area contributed by atoms with Crippen LogP contribution in [0.4, 0.5) is 8.78 Å². The highest BCUT2D eigenvalue weighted by Gasteiger charge is 2.62. The van der Waals surface area contributed by atoms with Crippen LogP contribution >= 0.6 is 11.9 Å². The number of nitrogens with one attached hydrogen (secondary N) is 3. The van der Waals surface area contributed by atoms with Crippen molar-refractivity contribution in [3.8, 4) is 0 Å². The highest BCUT2D eigenvalue weighted by molar-refractivity contribution is 7.96. The second kappa shape index (κ2) is 13.7. The first-order valence-corrected chi connectivity index (χ1v) is 14.6. The molecule has 0 radical (unpaired) electrons. The molecule has 0 aromatic heterocycles. The molecule has 1 aromatic carbocycles. The fourth-order valence-electron chi connectivity index (χ4n) is 4.98. The molecule has 2 fully saturated rings. The molecule has 13 heteroatoms. The van der Waals surface area contributed by atoms with Gasteiger partial charge in [0.1, 0.15) is 6.04 Å². The number of likely N-dealkylation sites (tertiary alicyclic amines) is 1. The lowest BCUT2D eigenvalue weighted by molar-refractivity contribution is -0.208. The van der Waals surface area contributed by atoms with Crippen molar-refractivity contribution in [3.05, 3.63) is 35.9 Å². The normalized spacial score (nSPS) is 19.4. The van der Waals surface area contributed by atoms with Crippen molar-refractivity contribution in [1.29, 1.82) is 0 Å². The second-order valence-electron chi connectivity index (χ2n) is 11.0. The topological polar surface area (TPSA) is 137 Å². The smallest absolute Gasteiger partial charge is 0.273 e. The number of nitrogens with zero attached hydrogens (tertiary/aromatic N) is 2. The Kier molecular flexibility index (Phi) is 10.9. The molecule has 222 valence electrons. The van der Waals surface area contributed by atoms with E-state index in [0.29, 0.717) is 6.42 Å². The van der Waals surface area contributed by atoms with Gasteiger partial charge in [0.25, 0.3) is 5.92 Å². The Labute approximate surface area is 238 Å². The molecule has 10 nitrogen and oxygen atoms in total. The van der Waals surface area contributed by atoms with E-state index in [4.69, 9.17) is 5.73 Å². The van der Waals surface area contributed by atoms with E-state index in [-0.39, 0.29) is 44.9 Å². The Morgan fingerprint density at radius 2 is 1.68 bits per heavy atom. The summed E-state index contributed by atoms with van der Waals surface area (Å²) in [5.41, 5.74) is 5.72. The standard InChI is InChI=1S/C27H40F2N6O4S/c1-18(2)11-21(33-22(36)13-31-24(38)20(30)12-19-7-5-4-6-8-19)25(39)32-14-23(37)34-10-9-26(27(28,29)17-34)15-35(16-26)40-3/h4-8,18,20-21H,9-17,30H2,1-3H3,(H,31,38)(H,32,39)(H,33,36). The largest absolute Gasteiger partial charge is 0.346 e. The first-order valence-electron chi connectivity index (χ1n) is 13.4. The number of carbonyl (C=O) groups excluding carboxylic acids is 4. The molecule has 2 aliphatic rings. The van der Waals surface area contributed by atoms with Crippen LogP contribution in [-0.2, 0) is 25.6 Å². The summed E-state index contributed by atoms with van der Waals surface area (Å²) in [5, 5.41) is 7.55. The van der Waals surface area contributed by atoms with E-state index < -0.39 is 60.1 Å². The quantitative estimate of drug-likeness (QED) is 0.267. The summed E-state index contributed by atoms with van der Waals surface area (Å²) in [6.45, 7) is 3.01. The van der Waals surface area contributed by atoms with E-state index >= 15 is 0 Å². The molecule has 0 aliphatic carbocycles. The van der Waals surface area contributed by atoms with E-state index in [0.717, 1.165) is 10.5 Å². The lowest BCUT2D eigenvalue weighted by Crippen LogP contribution is -2.69. The van der Waals surface area contributed by atoms with E-state index in [1.54, 1.807) is 0 Å². The fraction of sp³-hybridized carbons (Fsp3) is 0.630. The van der Waals surface area contributed by atoms with Gasteiger partial charge in [-0.15, -0.1) is 0 Å². The predicted molar refractivity (Wildman–Crippen MR) is 149 cm³/mol. The number of hydrogen-bond donors (Lipinski definition) is 4. The van der Waals surface area contributed by atoms with Crippen LogP contribution in [0.5, 0.6) is 0 Å². The van der Waals surface area contributed by atoms with Crippen molar-refractivity contribution in [2.24, 2.45) is 17.1 Å². The Morgan fingerprint density at radius 1 is 1.02 bits per heavy atom. The summed E-state index contributed by atoms with van der Waals surface area (Å²) in [4.78, 5) is 51.5. The highest BCUT2D eigenvalue weighted by Crippen LogP contribution is 2.51. The number of benzene rings is 1. The van der Waals surface area contributed by atoms with Crippen LogP contribution in [0.15, 0.2) is 30.3 Å². The number of rotatable bonds is 12. The van der Waals surface area contributed by atoms with Crippen LogP contribution in [0.2, 0.25) is 0 Å². The van der Waals surface area contributed by atoms with Crippen LogP contribution in [0.1, 0.15) is 32.3 Å². The third kappa shape index (κ3) is 8.14. The van der Waals surface area contributed by atoms with Gasteiger partial charge in [0, 0.05) is 19.6 Å². The van der Waals surface area contributed by atoms with Crippen LogP contribution in [-0.4, -0.2) is 96.4 Å². The number of nitrogens with two attached hydrogens (primary N) is 1. The second-order valence-corrected chi connectivity index (χ2v) is 11.9. The monoisotopic (exact) mass is 582 g/mol. The zero-order valence-corrected chi connectivity index (χ0v) is 24.1. The van der Waals surface area contributed by atoms with Gasteiger partial charge in [-0.25, -0.2) is 13.1 Å². The number of halogens is 2. The van der Waals surface area contributed by atoms with Crippen LogP contribution in [0.25, 0.3) is 0 Å². The molecule has 1 aromatic rings. The molecule has 2 heterocycles. The van der Waals surface area contributed by atoms with Crippen molar-refractivity contribution < 1.29 is 28.0 Å². The van der Waals surface area contributed by atoms with Gasteiger partial charge < -0.3 is 26.6 Å². The lowest BCUT2D eigenvalue weighted by atomic mass is 9.70. The van der Waals surface area contributed by atoms with E-state index in [2.05, 4.69) is 16.0 Å². The fourth-order valence-corrected chi connectivity index (χ4v) is 5.74. The van der Waals surface area contributed by atoms with Gasteiger partial charge in [0.05, 0.1) is 31.1 Å². The van der Waals surface area contributed by atoms with Gasteiger partial charge in [0.2, 0.25) is 23.6 Å². The Hall–Kier alpha value is -2.77. The van der Waals surface area contributed by atoms with E-state index in [9.17, 15) is 28.0 Å². The van der Waals surface area contributed by atoms with Crippen molar-refractivity contribution >= 4 is 35.6 Å². The maximum absolute atomic E-state index is 14.9. The average molecular weight is 583 g/mol. The summed E-state index contributed by atoms with van der Waals surface area (Å²) in [6, 6.07) is 7.42. The summed E-state index contributed by atoms with van der Waals surface area (Å²) in [6.07, 6.45) is 2.63. The molecule has 5 N–H and O–H groups in total. The van der Waals surface area contributed by atoms with Crippen LogP contribution < -0.4 is 21.7 Å². The Morgan fingerprint density at radius 3 is 2.27 bits per heavy atom. The minimum Gasteiger partial charge on any atom is -0.346 e. The van der Waals surface area contributed by atoms with Crippen molar-refractivity contribution in [3.63, 3.8) is 0 Å². The number of piperidine rings is 1. The van der Waals surface area contributed by atoms with Crippen molar-refractivity contribution in [1.82, 2.24) is 25.2 Å². The summed E-state index contributed by atoms with van der Waals surface area (Å²) >= 11 is 1.43. The molecule has 2 unspecified atom stereocenters. The highest BCUT2D eigenvalue weighted by atomic mass is 32.2. The maximum atomic E-state index is 14.9. The van der Waals surface area contributed by atoms with Crippen LogP contribution in [0, 0.1) is 11.3 Å². The van der Waals surface area contributed by atoms with Crippen LogP contribution in [0.3, 0.4) is 0 Å². The molecule has 2 atom stereocenters. The minimum atomic E-state index is -3.01. The summed E-state index contributed by atoms with van der Waals surface area (Å²) in [7, 11) is 0. The molecule has 2 saturated heterocycles. The predicted octanol–water partition coefficient (Wildman–Crippen LogP) is 0.767. The first-order chi connectivity index (χ1) is 18.9. The molecule has 0 saturated carbocycles. The third-order valence-electron chi connectivity index (χ3n) is 7.43. The minimum absolute atomic E-state index is 0.0286. The van der Waals surface area contributed by atoms with E-state index in [1.807, 2.05) is 54.7 Å². The molecule has 2 aliphatic heterocycles. The van der Waals surface area contributed by atoms with Crippen molar-refractivity contribution in [2.45, 2.75) is 51.1 Å². The Balaban J connectivity index is 1.45. The van der Waals surface area contributed by atoms with E-state index in [1.165, 1.54) is 11.9 Å². The first kappa shape index (κ1) is 31.8. The molecule has 3 rings (SSSR count).